The van der Waals surface area contributed by atoms with E-state index in [1.54, 1.807) is 31.2 Å². The number of esters is 1. The Hall–Kier alpha value is -2.21. The van der Waals surface area contributed by atoms with Gasteiger partial charge in [-0.15, -0.1) is 0 Å². The first-order chi connectivity index (χ1) is 12.8. The van der Waals surface area contributed by atoms with Crippen molar-refractivity contribution in [1.82, 2.24) is 0 Å². The number of rotatable bonds is 6. The molecule has 0 saturated heterocycles. The van der Waals surface area contributed by atoms with E-state index in [-0.39, 0.29) is 22.9 Å². The van der Waals surface area contributed by atoms with Gasteiger partial charge in [0, 0.05) is 22.2 Å². The molecule has 0 radical (unpaired) electrons. The molecule has 0 aromatic heterocycles. The number of benzene rings is 2. The van der Waals surface area contributed by atoms with Gasteiger partial charge in [0.2, 0.25) is 5.91 Å². The predicted molar refractivity (Wildman–Crippen MR) is 108 cm³/mol. The molecule has 0 aliphatic heterocycles. The van der Waals surface area contributed by atoms with Gasteiger partial charge in [-0.25, -0.2) is 4.79 Å². The fraction of sp³-hybridized carbons (Fsp3) is 0.158. The lowest BCUT2D eigenvalue weighted by atomic mass is 10.1. The molecule has 0 aliphatic carbocycles. The highest BCUT2D eigenvalue weighted by molar-refractivity contribution is 6.36. The van der Waals surface area contributed by atoms with Crippen molar-refractivity contribution in [3.8, 4) is 5.75 Å². The average Bonchev–Trinajstić information content (AvgIpc) is 2.62. The van der Waals surface area contributed by atoms with Gasteiger partial charge in [0.15, 0.2) is 0 Å². The Morgan fingerprint density at radius 3 is 2.48 bits per heavy atom. The van der Waals surface area contributed by atoms with Crippen LogP contribution in [0.3, 0.4) is 0 Å². The fourth-order valence-electron chi connectivity index (χ4n) is 2.16. The van der Waals surface area contributed by atoms with Gasteiger partial charge in [0.05, 0.1) is 24.4 Å². The molecule has 2 aromatic carbocycles. The zero-order chi connectivity index (χ0) is 20.0. The van der Waals surface area contributed by atoms with Crippen LogP contribution >= 0.6 is 34.8 Å². The van der Waals surface area contributed by atoms with Crippen LogP contribution in [-0.2, 0) is 9.53 Å². The monoisotopic (exact) mass is 427 g/mol. The van der Waals surface area contributed by atoms with Crippen LogP contribution in [0.1, 0.15) is 22.8 Å². The standard InChI is InChI=1S/C19H16Cl3NO4/c1-3-27-19(25)13-9-15(22)16(10-17(13)26-2)23-18(24)7-5-11-4-6-12(20)8-14(11)21/h4-10H,3H2,1-2H3,(H,23,24)/b7-5+. The Morgan fingerprint density at radius 2 is 1.85 bits per heavy atom. The molecule has 8 heteroatoms. The molecule has 1 N–H and O–H groups in total. The summed E-state index contributed by atoms with van der Waals surface area (Å²) in [4.78, 5) is 24.1. The lowest BCUT2D eigenvalue weighted by Gasteiger charge is -2.12. The summed E-state index contributed by atoms with van der Waals surface area (Å²) in [5.41, 5.74) is 1.10. The lowest BCUT2D eigenvalue weighted by Crippen LogP contribution is -2.11. The third kappa shape index (κ3) is 5.63. The minimum Gasteiger partial charge on any atom is -0.496 e. The van der Waals surface area contributed by atoms with E-state index < -0.39 is 11.9 Å². The van der Waals surface area contributed by atoms with E-state index >= 15 is 0 Å². The van der Waals surface area contributed by atoms with E-state index in [1.165, 1.54) is 25.3 Å². The first-order valence-corrected chi connectivity index (χ1v) is 8.97. The predicted octanol–water partition coefficient (Wildman–Crippen LogP) is 5.48. The van der Waals surface area contributed by atoms with Gasteiger partial charge in [-0.2, -0.15) is 0 Å². The van der Waals surface area contributed by atoms with E-state index in [0.717, 1.165) is 0 Å². The van der Waals surface area contributed by atoms with Gasteiger partial charge >= 0.3 is 5.97 Å². The van der Waals surface area contributed by atoms with Crippen LogP contribution in [-0.4, -0.2) is 25.6 Å². The molecule has 2 rings (SSSR count). The van der Waals surface area contributed by atoms with Crippen LogP contribution in [0.4, 0.5) is 5.69 Å². The van der Waals surface area contributed by atoms with Gasteiger partial charge < -0.3 is 14.8 Å². The molecular formula is C19H16Cl3NO4. The van der Waals surface area contributed by atoms with E-state index in [1.807, 2.05) is 0 Å². The van der Waals surface area contributed by atoms with Crippen LogP contribution in [0, 0.1) is 0 Å². The number of ether oxygens (including phenoxy) is 2. The molecule has 27 heavy (non-hydrogen) atoms. The minimum atomic E-state index is -0.564. The van der Waals surface area contributed by atoms with Crippen molar-refractivity contribution < 1.29 is 19.1 Å². The number of methoxy groups -OCH3 is 1. The van der Waals surface area contributed by atoms with Gasteiger partial charge in [-0.3, -0.25) is 4.79 Å². The Kier molecular flexibility index (Phi) is 7.54. The van der Waals surface area contributed by atoms with Crippen LogP contribution < -0.4 is 10.1 Å². The zero-order valence-electron chi connectivity index (χ0n) is 14.5. The molecule has 0 saturated carbocycles. The molecule has 0 atom stereocenters. The van der Waals surface area contributed by atoms with E-state index in [0.29, 0.717) is 21.3 Å². The highest BCUT2D eigenvalue weighted by Crippen LogP contribution is 2.31. The molecule has 0 heterocycles. The Morgan fingerprint density at radius 1 is 1.11 bits per heavy atom. The second-order valence-corrected chi connectivity index (χ2v) is 6.49. The van der Waals surface area contributed by atoms with Gasteiger partial charge in [-0.1, -0.05) is 40.9 Å². The smallest absolute Gasteiger partial charge is 0.341 e. The summed E-state index contributed by atoms with van der Waals surface area (Å²) in [6.07, 6.45) is 2.85. The second-order valence-electron chi connectivity index (χ2n) is 5.24. The maximum Gasteiger partial charge on any atom is 0.341 e. The van der Waals surface area contributed by atoms with Crippen molar-refractivity contribution in [1.29, 1.82) is 0 Å². The fourth-order valence-corrected chi connectivity index (χ4v) is 2.85. The molecule has 142 valence electrons. The quantitative estimate of drug-likeness (QED) is 0.488. The summed E-state index contributed by atoms with van der Waals surface area (Å²) in [5.74, 6) is -0.766. The number of carbonyl (C=O) groups excluding carboxylic acids is 2. The Labute approximate surface area is 171 Å². The molecule has 1 amide bonds. The third-order valence-electron chi connectivity index (χ3n) is 3.42. The van der Waals surface area contributed by atoms with Crippen molar-refractivity contribution in [2.45, 2.75) is 6.92 Å². The summed E-state index contributed by atoms with van der Waals surface area (Å²) < 4.78 is 10.1. The summed E-state index contributed by atoms with van der Waals surface area (Å²) in [5, 5.41) is 3.72. The molecule has 0 aliphatic rings. The first-order valence-electron chi connectivity index (χ1n) is 7.84. The van der Waals surface area contributed by atoms with Crippen LogP contribution in [0.25, 0.3) is 6.08 Å². The third-order valence-corrected chi connectivity index (χ3v) is 4.29. The van der Waals surface area contributed by atoms with Crippen molar-refractivity contribution >= 4 is 58.4 Å². The van der Waals surface area contributed by atoms with Crippen molar-refractivity contribution in [2.24, 2.45) is 0 Å². The molecule has 5 nitrogen and oxygen atoms in total. The maximum absolute atomic E-state index is 12.2. The van der Waals surface area contributed by atoms with Crippen LogP contribution in [0.2, 0.25) is 15.1 Å². The Bertz CT molecular complexity index is 897. The summed E-state index contributed by atoms with van der Waals surface area (Å²) in [6.45, 7) is 1.91. The van der Waals surface area contributed by atoms with Gasteiger partial charge in [0.25, 0.3) is 0 Å². The number of halogens is 3. The molecule has 0 fully saturated rings. The maximum atomic E-state index is 12.2. The van der Waals surface area contributed by atoms with E-state index in [9.17, 15) is 9.59 Å². The van der Waals surface area contributed by atoms with Crippen LogP contribution in [0.5, 0.6) is 5.75 Å². The van der Waals surface area contributed by atoms with Crippen molar-refractivity contribution in [3.63, 3.8) is 0 Å². The highest BCUT2D eigenvalue weighted by atomic mass is 35.5. The first kappa shape index (κ1) is 21.1. The normalized spacial score (nSPS) is 10.7. The molecular weight excluding hydrogens is 413 g/mol. The number of nitrogens with one attached hydrogen (secondary N) is 1. The zero-order valence-corrected chi connectivity index (χ0v) is 16.8. The average molecular weight is 429 g/mol. The van der Waals surface area contributed by atoms with E-state index in [4.69, 9.17) is 44.3 Å². The number of anilines is 1. The lowest BCUT2D eigenvalue weighted by molar-refractivity contribution is -0.111. The van der Waals surface area contributed by atoms with Crippen LogP contribution in [0.15, 0.2) is 36.4 Å². The Balaban J connectivity index is 2.19. The molecule has 0 spiro atoms. The second kappa shape index (κ2) is 9.65. The number of carbonyl (C=O) groups is 2. The summed E-state index contributed by atoms with van der Waals surface area (Å²) in [7, 11) is 1.40. The summed E-state index contributed by atoms with van der Waals surface area (Å²) >= 11 is 18.1. The topological polar surface area (TPSA) is 64.6 Å². The summed E-state index contributed by atoms with van der Waals surface area (Å²) in [6, 6.07) is 7.78. The largest absolute Gasteiger partial charge is 0.496 e. The number of hydrogen-bond donors (Lipinski definition) is 1. The van der Waals surface area contributed by atoms with Gasteiger partial charge in [0.1, 0.15) is 11.3 Å². The van der Waals surface area contributed by atoms with E-state index in [2.05, 4.69) is 5.32 Å². The SMILES string of the molecule is CCOC(=O)c1cc(Cl)c(NC(=O)/C=C/c2ccc(Cl)cc2Cl)cc1OC. The molecule has 0 bridgehead atoms. The molecule has 0 unspecified atom stereocenters. The van der Waals surface area contributed by atoms with Gasteiger partial charge in [-0.05, 0) is 36.8 Å². The number of amides is 1. The molecule has 2 aromatic rings. The highest BCUT2D eigenvalue weighted by Gasteiger charge is 2.17. The van der Waals surface area contributed by atoms with Crippen molar-refractivity contribution in [3.05, 3.63) is 62.6 Å². The minimum absolute atomic E-state index is 0.171. The van der Waals surface area contributed by atoms with Crippen molar-refractivity contribution in [2.75, 3.05) is 19.0 Å². The number of hydrogen-bond acceptors (Lipinski definition) is 4.